The van der Waals surface area contributed by atoms with Gasteiger partial charge in [0.25, 0.3) is 0 Å². The van der Waals surface area contributed by atoms with Crippen molar-refractivity contribution in [3.05, 3.63) is 35.5 Å². The summed E-state index contributed by atoms with van der Waals surface area (Å²) >= 11 is 0. The molecule has 2 aromatic rings. The normalized spacial score (nSPS) is 11.4. The van der Waals surface area contributed by atoms with Gasteiger partial charge in [0.05, 0.1) is 19.4 Å². The quantitative estimate of drug-likeness (QED) is 0.412. The molecule has 1 aromatic carbocycles. The standard InChI is InChI=1S/C12H15N3O/c1-9-11(8-14-13-6-7-16)10-4-2-3-5-12(10)15-9/h2-5,8,13,15-16H,6-7H2,1H3/b14-8+. The van der Waals surface area contributed by atoms with Gasteiger partial charge < -0.3 is 15.5 Å². The van der Waals surface area contributed by atoms with Crippen molar-refractivity contribution in [1.82, 2.24) is 10.4 Å². The summed E-state index contributed by atoms with van der Waals surface area (Å²) in [6.07, 6.45) is 1.78. The van der Waals surface area contributed by atoms with Crippen molar-refractivity contribution in [3.8, 4) is 0 Å². The molecule has 4 nitrogen and oxygen atoms in total. The summed E-state index contributed by atoms with van der Waals surface area (Å²) in [4.78, 5) is 3.30. The predicted molar refractivity (Wildman–Crippen MR) is 65.7 cm³/mol. The second kappa shape index (κ2) is 4.81. The molecule has 1 heterocycles. The van der Waals surface area contributed by atoms with E-state index in [4.69, 9.17) is 5.11 Å². The van der Waals surface area contributed by atoms with E-state index in [1.54, 1.807) is 6.21 Å². The summed E-state index contributed by atoms with van der Waals surface area (Å²) in [5.74, 6) is 0. The Morgan fingerprint density at radius 1 is 1.44 bits per heavy atom. The van der Waals surface area contributed by atoms with E-state index < -0.39 is 0 Å². The minimum Gasteiger partial charge on any atom is -0.394 e. The number of hydrazone groups is 1. The van der Waals surface area contributed by atoms with Crippen LogP contribution in [0.5, 0.6) is 0 Å². The second-order valence-corrected chi connectivity index (χ2v) is 3.60. The average molecular weight is 217 g/mol. The minimum atomic E-state index is 0.0875. The Morgan fingerprint density at radius 3 is 3.06 bits per heavy atom. The molecule has 4 heteroatoms. The number of aliphatic hydroxyl groups is 1. The van der Waals surface area contributed by atoms with Crippen LogP contribution in [0.3, 0.4) is 0 Å². The highest BCUT2D eigenvalue weighted by atomic mass is 16.3. The number of nitrogens with zero attached hydrogens (tertiary/aromatic N) is 1. The third-order valence-electron chi connectivity index (χ3n) is 2.45. The Kier molecular flexibility index (Phi) is 3.22. The minimum absolute atomic E-state index is 0.0875. The van der Waals surface area contributed by atoms with E-state index >= 15 is 0 Å². The van der Waals surface area contributed by atoms with Gasteiger partial charge in [0.15, 0.2) is 0 Å². The maximum absolute atomic E-state index is 8.61. The molecular weight excluding hydrogens is 202 g/mol. The lowest BCUT2D eigenvalue weighted by molar-refractivity contribution is 0.294. The van der Waals surface area contributed by atoms with Crippen LogP contribution in [0.1, 0.15) is 11.3 Å². The first-order chi connectivity index (χ1) is 7.83. The van der Waals surface area contributed by atoms with Crippen molar-refractivity contribution in [2.75, 3.05) is 13.2 Å². The van der Waals surface area contributed by atoms with Crippen molar-refractivity contribution in [2.45, 2.75) is 6.92 Å². The predicted octanol–water partition coefficient (Wildman–Crippen LogP) is 1.39. The number of H-pyrrole nitrogens is 1. The molecule has 16 heavy (non-hydrogen) atoms. The Labute approximate surface area is 94.0 Å². The molecule has 0 fully saturated rings. The van der Waals surface area contributed by atoms with Crippen LogP contribution in [0.15, 0.2) is 29.4 Å². The number of aryl methyl sites for hydroxylation is 1. The summed E-state index contributed by atoms with van der Waals surface area (Å²) in [6, 6.07) is 8.12. The number of hydrogen-bond donors (Lipinski definition) is 3. The number of aromatic nitrogens is 1. The van der Waals surface area contributed by atoms with E-state index in [-0.39, 0.29) is 6.61 Å². The van der Waals surface area contributed by atoms with Crippen molar-refractivity contribution in [3.63, 3.8) is 0 Å². The number of hydrogen-bond acceptors (Lipinski definition) is 3. The number of fused-ring (bicyclic) bond motifs is 1. The van der Waals surface area contributed by atoms with Crippen LogP contribution < -0.4 is 5.43 Å². The molecule has 0 saturated heterocycles. The van der Waals surface area contributed by atoms with E-state index in [0.717, 1.165) is 22.2 Å². The molecule has 0 spiro atoms. The van der Waals surface area contributed by atoms with Gasteiger partial charge in [-0.15, -0.1) is 0 Å². The fraction of sp³-hybridized carbons (Fsp3) is 0.250. The fourth-order valence-electron chi connectivity index (χ4n) is 1.69. The van der Waals surface area contributed by atoms with Gasteiger partial charge in [0.1, 0.15) is 0 Å². The zero-order valence-electron chi connectivity index (χ0n) is 9.20. The van der Waals surface area contributed by atoms with Gasteiger partial charge in [-0.3, -0.25) is 0 Å². The highest BCUT2D eigenvalue weighted by Crippen LogP contribution is 2.19. The number of benzene rings is 1. The molecule has 1 aromatic heterocycles. The first kappa shape index (κ1) is 10.7. The number of nitrogens with one attached hydrogen (secondary N) is 2. The molecule has 0 atom stereocenters. The zero-order valence-corrected chi connectivity index (χ0v) is 9.20. The van der Waals surface area contributed by atoms with Gasteiger partial charge in [-0.05, 0) is 13.0 Å². The van der Waals surface area contributed by atoms with Gasteiger partial charge in [0, 0.05) is 22.2 Å². The molecule has 0 aliphatic carbocycles. The molecule has 2 rings (SSSR count). The summed E-state index contributed by atoms with van der Waals surface area (Å²) < 4.78 is 0. The molecule has 0 amide bonds. The molecule has 3 N–H and O–H groups in total. The van der Waals surface area contributed by atoms with Gasteiger partial charge >= 0.3 is 0 Å². The van der Waals surface area contributed by atoms with Crippen LogP contribution in [0.4, 0.5) is 0 Å². The molecule has 0 saturated carbocycles. The van der Waals surface area contributed by atoms with Crippen molar-refractivity contribution in [2.24, 2.45) is 5.10 Å². The van der Waals surface area contributed by atoms with E-state index in [2.05, 4.69) is 21.6 Å². The number of rotatable bonds is 4. The van der Waals surface area contributed by atoms with Crippen LogP contribution in [-0.4, -0.2) is 29.5 Å². The summed E-state index contributed by atoms with van der Waals surface area (Å²) in [7, 11) is 0. The first-order valence-corrected chi connectivity index (χ1v) is 5.27. The number of para-hydroxylation sites is 1. The van der Waals surface area contributed by atoms with E-state index in [9.17, 15) is 0 Å². The van der Waals surface area contributed by atoms with E-state index in [0.29, 0.717) is 6.54 Å². The van der Waals surface area contributed by atoms with Gasteiger partial charge in [-0.1, -0.05) is 18.2 Å². The Hall–Kier alpha value is -1.81. The SMILES string of the molecule is Cc1[nH]c2ccccc2c1/C=N/NCCO. The molecule has 0 bridgehead atoms. The summed E-state index contributed by atoms with van der Waals surface area (Å²) in [5.41, 5.74) is 6.06. The van der Waals surface area contributed by atoms with Crippen molar-refractivity contribution < 1.29 is 5.11 Å². The average Bonchev–Trinajstić information content (AvgIpc) is 2.61. The van der Waals surface area contributed by atoms with Crippen molar-refractivity contribution in [1.29, 1.82) is 0 Å². The lowest BCUT2D eigenvalue weighted by Gasteiger charge is -1.95. The summed E-state index contributed by atoms with van der Waals surface area (Å²) in [5, 5.41) is 13.8. The van der Waals surface area contributed by atoms with Crippen LogP contribution >= 0.6 is 0 Å². The van der Waals surface area contributed by atoms with Gasteiger partial charge in [-0.25, -0.2) is 0 Å². The van der Waals surface area contributed by atoms with Crippen LogP contribution in [0, 0.1) is 6.92 Å². The highest BCUT2D eigenvalue weighted by molar-refractivity contribution is 6.00. The lowest BCUT2D eigenvalue weighted by Crippen LogP contribution is -2.11. The second-order valence-electron chi connectivity index (χ2n) is 3.60. The molecule has 0 radical (unpaired) electrons. The van der Waals surface area contributed by atoms with Gasteiger partial charge in [-0.2, -0.15) is 5.10 Å². The third-order valence-corrected chi connectivity index (χ3v) is 2.45. The maximum atomic E-state index is 8.61. The van der Waals surface area contributed by atoms with Crippen LogP contribution in [-0.2, 0) is 0 Å². The molecule has 0 aliphatic rings. The maximum Gasteiger partial charge on any atom is 0.0620 e. The number of aliphatic hydroxyl groups excluding tert-OH is 1. The first-order valence-electron chi connectivity index (χ1n) is 5.27. The number of aromatic amines is 1. The topological polar surface area (TPSA) is 60.4 Å². The van der Waals surface area contributed by atoms with Crippen molar-refractivity contribution >= 4 is 17.1 Å². The monoisotopic (exact) mass is 217 g/mol. The van der Waals surface area contributed by atoms with Crippen LogP contribution in [0.25, 0.3) is 10.9 Å². The third kappa shape index (κ3) is 2.06. The van der Waals surface area contributed by atoms with E-state index in [1.807, 2.05) is 25.1 Å². The largest absolute Gasteiger partial charge is 0.394 e. The molecule has 0 aliphatic heterocycles. The Bertz CT molecular complexity index is 502. The Morgan fingerprint density at radius 2 is 2.25 bits per heavy atom. The molecule has 84 valence electrons. The zero-order chi connectivity index (χ0) is 11.4. The van der Waals surface area contributed by atoms with Gasteiger partial charge in [0.2, 0.25) is 0 Å². The summed E-state index contributed by atoms with van der Waals surface area (Å²) in [6.45, 7) is 2.58. The molecular formula is C12H15N3O. The fourth-order valence-corrected chi connectivity index (χ4v) is 1.69. The van der Waals surface area contributed by atoms with E-state index in [1.165, 1.54) is 0 Å². The van der Waals surface area contributed by atoms with Crippen LogP contribution in [0.2, 0.25) is 0 Å². The smallest absolute Gasteiger partial charge is 0.0620 e. The molecule has 0 unspecified atom stereocenters. The Balaban J connectivity index is 2.29. The lowest BCUT2D eigenvalue weighted by atomic mass is 10.1. The highest BCUT2D eigenvalue weighted by Gasteiger charge is 2.04.